The average Bonchev–Trinajstić information content (AvgIpc) is 2.66. The number of hydrogen-bond acceptors (Lipinski definition) is 6. The second-order valence-corrected chi connectivity index (χ2v) is 6.22. The van der Waals surface area contributed by atoms with Gasteiger partial charge < -0.3 is 19.0 Å². The van der Waals surface area contributed by atoms with Gasteiger partial charge in [-0.2, -0.15) is 0 Å². The van der Waals surface area contributed by atoms with Crippen LogP contribution in [0, 0.1) is 0 Å². The lowest BCUT2D eigenvalue weighted by Gasteiger charge is -2.19. The Hall–Kier alpha value is -3.28. The third-order valence-corrected chi connectivity index (χ3v) is 4.47. The number of benzene rings is 2. The van der Waals surface area contributed by atoms with Crippen molar-refractivity contribution in [3.63, 3.8) is 0 Å². The van der Waals surface area contributed by atoms with Crippen LogP contribution in [0.15, 0.2) is 51.7 Å². The predicted octanol–water partition coefficient (Wildman–Crippen LogP) is 3.63. The van der Waals surface area contributed by atoms with E-state index in [4.69, 9.17) is 13.9 Å². The number of hydrogen-bond donors (Lipinski definition) is 1. The van der Waals surface area contributed by atoms with Gasteiger partial charge in [0, 0.05) is 12.3 Å². The lowest BCUT2D eigenvalue weighted by molar-refractivity contribution is -0.117. The van der Waals surface area contributed by atoms with Crippen LogP contribution in [0.3, 0.4) is 0 Å². The number of aromatic hydroxyl groups is 1. The number of rotatable bonds is 6. The molecule has 0 aliphatic heterocycles. The molecule has 1 N–H and O–H groups in total. The number of methoxy groups -OCH3 is 2. The van der Waals surface area contributed by atoms with Crippen LogP contribution >= 0.6 is 0 Å². The number of fused-ring (bicyclic) bond motifs is 1. The molecule has 1 aromatic heterocycles. The van der Waals surface area contributed by atoms with E-state index in [2.05, 4.69) is 0 Å². The van der Waals surface area contributed by atoms with Crippen molar-refractivity contribution in [3.8, 4) is 17.2 Å². The molecule has 0 fully saturated rings. The van der Waals surface area contributed by atoms with E-state index in [1.54, 1.807) is 42.5 Å². The summed E-state index contributed by atoms with van der Waals surface area (Å²) >= 11 is 0. The summed E-state index contributed by atoms with van der Waals surface area (Å²) in [5, 5.41) is 11.2. The molecule has 0 aliphatic rings. The Bertz CT molecular complexity index is 1050. The summed E-state index contributed by atoms with van der Waals surface area (Å²) in [4.78, 5) is 24.5. The summed E-state index contributed by atoms with van der Waals surface area (Å²) in [5.41, 5.74) is 0.307. The molecule has 0 amide bonds. The summed E-state index contributed by atoms with van der Waals surface area (Å²) in [5.74, 6) is 0.0126. The van der Waals surface area contributed by atoms with Crippen molar-refractivity contribution in [2.24, 2.45) is 0 Å². The van der Waals surface area contributed by atoms with Crippen molar-refractivity contribution < 1.29 is 23.8 Å². The molecule has 0 saturated heterocycles. The maximum Gasteiger partial charge on any atom is 0.343 e. The number of Topliss-reactive ketones (excluding diaryl/α,β-unsaturated/α-hetero) is 1. The molecule has 140 valence electrons. The van der Waals surface area contributed by atoms with Crippen LogP contribution in [0.25, 0.3) is 11.0 Å². The van der Waals surface area contributed by atoms with Crippen LogP contribution in [0.5, 0.6) is 17.2 Å². The second-order valence-electron chi connectivity index (χ2n) is 6.22. The zero-order valence-electron chi connectivity index (χ0n) is 15.3. The molecule has 2 aromatic carbocycles. The van der Waals surface area contributed by atoms with E-state index in [0.717, 1.165) is 0 Å². The molecule has 0 aliphatic carbocycles. The van der Waals surface area contributed by atoms with E-state index in [-0.39, 0.29) is 29.1 Å². The molecular formula is C21H20O6. The topological polar surface area (TPSA) is 86.0 Å². The van der Waals surface area contributed by atoms with E-state index in [9.17, 15) is 14.7 Å². The molecule has 0 spiro atoms. The fraction of sp³-hybridized carbons (Fsp3) is 0.238. The molecule has 1 heterocycles. The van der Waals surface area contributed by atoms with Gasteiger partial charge in [-0.3, -0.25) is 4.79 Å². The third kappa shape index (κ3) is 3.51. The maximum absolute atomic E-state index is 12.6. The highest BCUT2D eigenvalue weighted by molar-refractivity contribution is 5.85. The van der Waals surface area contributed by atoms with Gasteiger partial charge in [-0.15, -0.1) is 0 Å². The number of ether oxygens (including phenoxy) is 2. The van der Waals surface area contributed by atoms with Crippen LogP contribution < -0.4 is 15.1 Å². The van der Waals surface area contributed by atoms with Crippen molar-refractivity contribution in [1.82, 2.24) is 0 Å². The Balaban J connectivity index is 2.24. The van der Waals surface area contributed by atoms with Crippen LogP contribution in [-0.2, 0) is 4.79 Å². The molecule has 0 bridgehead atoms. The predicted molar refractivity (Wildman–Crippen MR) is 101 cm³/mol. The maximum atomic E-state index is 12.6. The smallest absolute Gasteiger partial charge is 0.343 e. The number of para-hydroxylation sites is 1. The highest BCUT2D eigenvalue weighted by Crippen LogP contribution is 2.39. The van der Waals surface area contributed by atoms with Gasteiger partial charge in [0.2, 0.25) is 0 Å². The molecule has 0 unspecified atom stereocenters. The van der Waals surface area contributed by atoms with Gasteiger partial charge in [0.05, 0.1) is 25.2 Å². The van der Waals surface area contributed by atoms with E-state index in [1.165, 1.54) is 21.1 Å². The van der Waals surface area contributed by atoms with Gasteiger partial charge in [0.15, 0.2) is 11.5 Å². The Kier molecular flexibility index (Phi) is 5.16. The molecule has 6 nitrogen and oxygen atoms in total. The minimum absolute atomic E-state index is 0.0339. The monoisotopic (exact) mass is 368 g/mol. The fourth-order valence-corrected chi connectivity index (χ4v) is 3.20. The number of ketones is 1. The summed E-state index contributed by atoms with van der Waals surface area (Å²) in [6, 6.07) is 11.9. The van der Waals surface area contributed by atoms with E-state index in [0.29, 0.717) is 22.4 Å². The summed E-state index contributed by atoms with van der Waals surface area (Å²) in [6.45, 7) is 1.44. The Morgan fingerprint density at radius 3 is 2.48 bits per heavy atom. The average molecular weight is 368 g/mol. The number of carbonyl (C=O) groups is 1. The quantitative estimate of drug-likeness (QED) is 0.669. The first-order valence-electron chi connectivity index (χ1n) is 8.42. The van der Waals surface area contributed by atoms with Gasteiger partial charge in [-0.25, -0.2) is 4.79 Å². The second kappa shape index (κ2) is 7.53. The van der Waals surface area contributed by atoms with Crippen molar-refractivity contribution in [1.29, 1.82) is 0 Å². The first kappa shape index (κ1) is 18.5. The Labute approximate surface area is 156 Å². The van der Waals surface area contributed by atoms with Gasteiger partial charge in [0.25, 0.3) is 0 Å². The molecule has 0 saturated carbocycles. The highest BCUT2D eigenvalue weighted by Gasteiger charge is 2.26. The highest BCUT2D eigenvalue weighted by atomic mass is 16.5. The lowest BCUT2D eigenvalue weighted by atomic mass is 9.87. The first-order chi connectivity index (χ1) is 13.0. The standard InChI is InChI=1S/C21H20O6/c1-12(22)10-15(13-8-9-17(25-2)18(11-13)26-3)19-20(23)14-6-4-5-7-16(14)27-21(19)24/h4-9,11,15,23H,10H2,1-3H3/t15-/m1/s1. The molecule has 1 atom stereocenters. The number of carbonyl (C=O) groups excluding carboxylic acids is 1. The summed E-state index contributed by atoms with van der Waals surface area (Å²) in [6.07, 6.45) is 0.0339. The van der Waals surface area contributed by atoms with Gasteiger partial charge in [-0.1, -0.05) is 18.2 Å². The van der Waals surface area contributed by atoms with Crippen LogP contribution in [0.4, 0.5) is 0 Å². The molecule has 6 heteroatoms. The van der Waals surface area contributed by atoms with Crippen LogP contribution in [0.2, 0.25) is 0 Å². The van der Waals surface area contributed by atoms with Crippen LogP contribution in [-0.4, -0.2) is 25.1 Å². The normalized spacial score (nSPS) is 12.0. The van der Waals surface area contributed by atoms with Crippen molar-refractivity contribution in [2.75, 3.05) is 14.2 Å². The Morgan fingerprint density at radius 2 is 1.81 bits per heavy atom. The third-order valence-electron chi connectivity index (χ3n) is 4.47. The fourth-order valence-electron chi connectivity index (χ4n) is 3.20. The molecule has 27 heavy (non-hydrogen) atoms. The van der Waals surface area contributed by atoms with Gasteiger partial charge >= 0.3 is 5.63 Å². The zero-order chi connectivity index (χ0) is 19.6. The summed E-state index contributed by atoms with van der Waals surface area (Å²) in [7, 11) is 3.03. The molecule has 3 aromatic rings. The minimum atomic E-state index is -0.678. The largest absolute Gasteiger partial charge is 0.507 e. The first-order valence-corrected chi connectivity index (χ1v) is 8.42. The summed E-state index contributed by atoms with van der Waals surface area (Å²) < 4.78 is 15.9. The van der Waals surface area contributed by atoms with Crippen LogP contribution in [0.1, 0.15) is 30.4 Å². The van der Waals surface area contributed by atoms with E-state index in [1.807, 2.05) is 0 Å². The van der Waals surface area contributed by atoms with Gasteiger partial charge in [0.1, 0.15) is 17.1 Å². The lowest BCUT2D eigenvalue weighted by Crippen LogP contribution is -2.16. The zero-order valence-corrected chi connectivity index (χ0v) is 15.3. The van der Waals surface area contributed by atoms with E-state index < -0.39 is 11.5 Å². The SMILES string of the molecule is COc1ccc([C@@H](CC(C)=O)c2c(O)c3ccccc3oc2=O)cc1OC. The van der Waals surface area contributed by atoms with Crippen molar-refractivity contribution in [2.45, 2.75) is 19.3 Å². The van der Waals surface area contributed by atoms with Crippen molar-refractivity contribution in [3.05, 3.63) is 64.0 Å². The Morgan fingerprint density at radius 1 is 1.11 bits per heavy atom. The van der Waals surface area contributed by atoms with Crippen molar-refractivity contribution >= 4 is 16.8 Å². The molecular weight excluding hydrogens is 348 g/mol. The molecule has 0 radical (unpaired) electrons. The van der Waals surface area contributed by atoms with E-state index >= 15 is 0 Å². The minimum Gasteiger partial charge on any atom is -0.507 e. The molecule has 3 rings (SSSR count). The van der Waals surface area contributed by atoms with Gasteiger partial charge in [-0.05, 0) is 36.8 Å².